The Morgan fingerprint density at radius 2 is 1.95 bits per heavy atom. The van der Waals surface area contributed by atoms with E-state index in [9.17, 15) is 0 Å². The molecule has 0 aromatic heterocycles. The van der Waals surface area contributed by atoms with Gasteiger partial charge in [-0.25, -0.2) is 0 Å². The molecule has 0 amide bonds. The van der Waals surface area contributed by atoms with E-state index in [-0.39, 0.29) is 0 Å². The third-order valence-electron chi connectivity index (χ3n) is 4.55. The van der Waals surface area contributed by atoms with E-state index in [0.717, 1.165) is 31.5 Å². The van der Waals surface area contributed by atoms with Crippen LogP contribution >= 0.6 is 0 Å². The van der Waals surface area contributed by atoms with Crippen molar-refractivity contribution < 1.29 is 0 Å². The summed E-state index contributed by atoms with van der Waals surface area (Å²) in [5, 5.41) is 3.54. The molecular weight excluding hydrogens is 248 g/mol. The van der Waals surface area contributed by atoms with E-state index in [0.29, 0.717) is 0 Å². The molecule has 1 N–H and O–H groups in total. The molecule has 1 atom stereocenters. The Labute approximate surface area is 124 Å². The van der Waals surface area contributed by atoms with Gasteiger partial charge in [0.05, 0.1) is 0 Å². The summed E-state index contributed by atoms with van der Waals surface area (Å²) in [5.41, 5.74) is 0. The Balaban J connectivity index is 1.58. The summed E-state index contributed by atoms with van der Waals surface area (Å²) in [4.78, 5) is 9.47. The molecule has 20 heavy (non-hydrogen) atoms. The summed E-state index contributed by atoms with van der Waals surface area (Å²) in [7, 11) is 1.91. The number of likely N-dealkylation sites (tertiary alicyclic amines) is 2. The Bertz CT molecular complexity index is 297. The zero-order valence-electron chi connectivity index (χ0n) is 13.4. The zero-order valence-corrected chi connectivity index (χ0v) is 13.4. The van der Waals surface area contributed by atoms with Gasteiger partial charge in [0, 0.05) is 26.7 Å². The first kappa shape index (κ1) is 15.6. The molecule has 4 nitrogen and oxygen atoms in total. The predicted molar refractivity (Wildman–Crippen MR) is 86.2 cm³/mol. The van der Waals surface area contributed by atoms with Crippen LogP contribution in [-0.2, 0) is 0 Å². The fraction of sp³-hybridized carbons (Fsp3) is 0.938. The third kappa shape index (κ3) is 4.97. The zero-order chi connectivity index (χ0) is 14.2. The van der Waals surface area contributed by atoms with E-state index in [1.807, 2.05) is 7.05 Å². The molecule has 0 aromatic carbocycles. The first-order chi connectivity index (χ1) is 9.79. The van der Waals surface area contributed by atoms with Crippen LogP contribution in [0.15, 0.2) is 4.99 Å². The lowest BCUT2D eigenvalue weighted by atomic mass is 10.0. The molecule has 0 aromatic rings. The van der Waals surface area contributed by atoms with Gasteiger partial charge >= 0.3 is 0 Å². The number of unbranched alkanes of at least 4 members (excludes halogenated alkanes) is 1. The highest BCUT2D eigenvalue weighted by Gasteiger charge is 2.18. The number of hydrogen-bond donors (Lipinski definition) is 1. The molecule has 2 heterocycles. The average Bonchev–Trinajstić information content (AvgIpc) is 2.96. The predicted octanol–water partition coefficient (Wildman–Crippen LogP) is 2.17. The van der Waals surface area contributed by atoms with E-state index in [2.05, 4.69) is 27.0 Å². The van der Waals surface area contributed by atoms with Gasteiger partial charge in [-0.2, -0.15) is 0 Å². The van der Waals surface area contributed by atoms with Crippen LogP contribution in [0.2, 0.25) is 0 Å². The molecule has 2 fully saturated rings. The quantitative estimate of drug-likeness (QED) is 0.476. The molecule has 0 spiro atoms. The lowest BCUT2D eigenvalue weighted by Crippen LogP contribution is -2.46. The first-order valence-corrected chi connectivity index (χ1v) is 8.47. The van der Waals surface area contributed by atoms with Crippen molar-refractivity contribution in [2.24, 2.45) is 10.9 Å². The minimum atomic E-state index is 0.803. The van der Waals surface area contributed by atoms with Crippen molar-refractivity contribution in [3.63, 3.8) is 0 Å². The van der Waals surface area contributed by atoms with E-state index in [1.165, 1.54) is 58.2 Å². The lowest BCUT2D eigenvalue weighted by Gasteiger charge is -2.33. The molecule has 4 heteroatoms. The summed E-state index contributed by atoms with van der Waals surface area (Å²) in [5.74, 6) is 1.91. The SMILES string of the molecule is CN=C(NCCCCN1CCCC1)N1CCCC(C)C1. The maximum absolute atomic E-state index is 4.44. The number of rotatable bonds is 5. The van der Waals surface area contributed by atoms with Crippen LogP contribution in [-0.4, -0.2) is 62.1 Å². The minimum absolute atomic E-state index is 0.803. The number of guanidine groups is 1. The van der Waals surface area contributed by atoms with E-state index in [4.69, 9.17) is 0 Å². The van der Waals surface area contributed by atoms with Crippen LogP contribution in [0.4, 0.5) is 0 Å². The Hall–Kier alpha value is -0.770. The van der Waals surface area contributed by atoms with Gasteiger partial charge in [-0.3, -0.25) is 4.99 Å². The van der Waals surface area contributed by atoms with E-state index >= 15 is 0 Å². The van der Waals surface area contributed by atoms with Crippen molar-refractivity contribution in [1.82, 2.24) is 15.1 Å². The monoisotopic (exact) mass is 280 g/mol. The van der Waals surface area contributed by atoms with Gasteiger partial charge in [0.1, 0.15) is 0 Å². The molecule has 2 rings (SSSR count). The van der Waals surface area contributed by atoms with Crippen LogP contribution in [0.3, 0.4) is 0 Å². The van der Waals surface area contributed by atoms with E-state index < -0.39 is 0 Å². The van der Waals surface area contributed by atoms with Gasteiger partial charge in [-0.05, 0) is 64.1 Å². The second-order valence-electron chi connectivity index (χ2n) is 6.42. The second-order valence-corrected chi connectivity index (χ2v) is 6.42. The normalized spacial score (nSPS) is 25.2. The van der Waals surface area contributed by atoms with Crippen LogP contribution in [0.25, 0.3) is 0 Å². The maximum Gasteiger partial charge on any atom is 0.193 e. The summed E-state index contributed by atoms with van der Waals surface area (Å²) < 4.78 is 0. The number of aliphatic imine (C=N–C) groups is 1. The van der Waals surface area contributed by atoms with Crippen molar-refractivity contribution in [1.29, 1.82) is 0 Å². The molecule has 2 saturated heterocycles. The topological polar surface area (TPSA) is 30.9 Å². The molecule has 0 bridgehead atoms. The number of nitrogens with zero attached hydrogens (tertiary/aromatic N) is 3. The Morgan fingerprint density at radius 3 is 2.65 bits per heavy atom. The van der Waals surface area contributed by atoms with Crippen molar-refractivity contribution in [2.45, 2.75) is 45.4 Å². The van der Waals surface area contributed by atoms with Gasteiger partial charge in [0.25, 0.3) is 0 Å². The van der Waals surface area contributed by atoms with Gasteiger partial charge in [-0.15, -0.1) is 0 Å². The van der Waals surface area contributed by atoms with Crippen LogP contribution in [0, 0.1) is 5.92 Å². The van der Waals surface area contributed by atoms with Crippen LogP contribution in [0.5, 0.6) is 0 Å². The molecule has 2 aliphatic rings. The fourth-order valence-corrected chi connectivity index (χ4v) is 3.38. The molecule has 0 aliphatic carbocycles. The highest BCUT2D eigenvalue weighted by molar-refractivity contribution is 5.79. The third-order valence-corrected chi connectivity index (χ3v) is 4.55. The first-order valence-electron chi connectivity index (χ1n) is 8.47. The maximum atomic E-state index is 4.44. The number of nitrogens with one attached hydrogen (secondary N) is 1. The lowest BCUT2D eigenvalue weighted by molar-refractivity contribution is 0.265. The Kier molecular flexibility index (Phi) is 6.64. The molecule has 0 radical (unpaired) electrons. The largest absolute Gasteiger partial charge is 0.356 e. The molecule has 0 saturated carbocycles. The van der Waals surface area contributed by atoms with Crippen molar-refractivity contribution in [2.75, 3.05) is 46.3 Å². The minimum Gasteiger partial charge on any atom is -0.356 e. The summed E-state index contributed by atoms with van der Waals surface area (Å²) in [6.45, 7) is 9.65. The fourth-order valence-electron chi connectivity index (χ4n) is 3.38. The molecule has 2 aliphatic heterocycles. The summed E-state index contributed by atoms with van der Waals surface area (Å²) >= 11 is 0. The standard InChI is InChI=1S/C16H32N4/c1-15-8-7-13-20(14-15)16(17-2)18-9-3-4-10-19-11-5-6-12-19/h15H,3-14H2,1-2H3,(H,17,18). The average molecular weight is 280 g/mol. The molecule has 116 valence electrons. The molecule has 1 unspecified atom stereocenters. The number of piperidine rings is 1. The second kappa shape index (κ2) is 8.50. The smallest absolute Gasteiger partial charge is 0.193 e. The van der Waals surface area contributed by atoms with E-state index in [1.54, 1.807) is 0 Å². The Morgan fingerprint density at radius 1 is 1.15 bits per heavy atom. The summed E-state index contributed by atoms with van der Waals surface area (Å²) in [6, 6.07) is 0. The van der Waals surface area contributed by atoms with Crippen LogP contribution < -0.4 is 5.32 Å². The van der Waals surface area contributed by atoms with Gasteiger partial charge in [-0.1, -0.05) is 6.92 Å². The number of hydrogen-bond acceptors (Lipinski definition) is 2. The van der Waals surface area contributed by atoms with Gasteiger partial charge < -0.3 is 15.1 Å². The van der Waals surface area contributed by atoms with Gasteiger partial charge in [0.2, 0.25) is 0 Å². The highest BCUT2D eigenvalue weighted by Crippen LogP contribution is 2.15. The summed E-state index contributed by atoms with van der Waals surface area (Å²) in [6.07, 6.45) is 8.02. The van der Waals surface area contributed by atoms with Crippen LogP contribution in [0.1, 0.15) is 45.4 Å². The molecular formula is C16H32N4. The van der Waals surface area contributed by atoms with Crippen molar-refractivity contribution in [3.8, 4) is 0 Å². The highest BCUT2D eigenvalue weighted by atomic mass is 15.3. The van der Waals surface area contributed by atoms with Gasteiger partial charge in [0.15, 0.2) is 5.96 Å². The van der Waals surface area contributed by atoms with Crippen molar-refractivity contribution in [3.05, 3.63) is 0 Å². The van der Waals surface area contributed by atoms with Crippen molar-refractivity contribution >= 4 is 5.96 Å².